The number of hydrogen-bond acceptors (Lipinski definition) is 5. The summed E-state index contributed by atoms with van der Waals surface area (Å²) in [5, 5.41) is 3.09. The summed E-state index contributed by atoms with van der Waals surface area (Å²) in [7, 11) is 2.11. The number of nitrogens with zero attached hydrogens (tertiary/aromatic N) is 3. The lowest BCUT2D eigenvalue weighted by Gasteiger charge is -2.28. The van der Waals surface area contributed by atoms with Gasteiger partial charge in [0.2, 0.25) is 0 Å². The molecule has 0 aromatic carbocycles. The Hall–Kier alpha value is -1.01. The average molecular weight is 327 g/mol. The highest BCUT2D eigenvalue weighted by Gasteiger charge is 2.18. The number of thiazole rings is 1. The molecule has 0 aliphatic rings. The second-order valence-electron chi connectivity index (χ2n) is 5.90. The van der Waals surface area contributed by atoms with Gasteiger partial charge >= 0.3 is 0 Å². The molecule has 0 radical (unpaired) electrons. The molecule has 0 spiro atoms. The summed E-state index contributed by atoms with van der Waals surface area (Å²) in [6.45, 7) is 6.86. The van der Waals surface area contributed by atoms with Gasteiger partial charge in [0.15, 0.2) is 0 Å². The Labute approximate surface area is 136 Å². The molecule has 0 aliphatic carbocycles. The number of rotatable bonds is 6. The first-order valence-corrected chi connectivity index (χ1v) is 7.62. The lowest BCUT2D eigenvalue weighted by atomic mass is 9.93. The van der Waals surface area contributed by atoms with Crippen LogP contribution in [0.4, 0.5) is 0 Å². The normalized spacial score (nSPS) is 11.5. The Kier molecular flexibility index (Phi) is 6.74. The number of hydrogen-bond donors (Lipinski definition) is 1. The van der Waals surface area contributed by atoms with E-state index >= 15 is 0 Å². The summed E-state index contributed by atoms with van der Waals surface area (Å²) in [5.41, 5.74) is 7.94. The third-order valence-corrected chi connectivity index (χ3v) is 4.03. The molecule has 0 fully saturated rings. The SMILES string of the molecule is CN(Cc1csc(-c2ccccn2)n1)CC(C)(C)CN.Cl. The average Bonchev–Trinajstić information content (AvgIpc) is 2.87. The van der Waals surface area contributed by atoms with Crippen LogP contribution in [0.15, 0.2) is 29.8 Å². The highest BCUT2D eigenvalue weighted by Crippen LogP contribution is 2.22. The minimum atomic E-state index is 0. The van der Waals surface area contributed by atoms with Gasteiger partial charge in [-0.05, 0) is 31.1 Å². The fraction of sp³-hybridized carbons (Fsp3) is 0.467. The lowest BCUT2D eigenvalue weighted by molar-refractivity contribution is 0.208. The zero-order chi connectivity index (χ0) is 14.6. The molecule has 0 amide bonds. The number of aromatic nitrogens is 2. The Morgan fingerprint density at radius 1 is 1.33 bits per heavy atom. The van der Waals surface area contributed by atoms with Crippen molar-refractivity contribution in [3.8, 4) is 10.7 Å². The minimum Gasteiger partial charge on any atom is -0.330 e. The largest absolute Gasteiger partial charge is 0.330 e. The molecule has 0 aliphatic heterocycles. The molecule has 2 aromatic rings. The molecule has 2 N–H and O–H groups in total. The predicted octanol–water partition coefficient (Wildman–Crippen LogP) is 3.04. The van der Waals surface area contributed by atoms with Crippen LogP contribution >= 0.6 is 23.7 Å². The third-order valence-electron chi connectivity index (χ3n) is 3.12. The molecule has 6 heteroatoms. The van der Waals surface area contributed by atoms with Crippen LogP contribution in [0.2, 0.25) is 0 Å². The van der Waals surface area contributed by atoms with Gasteiger partial charge in [0.05, 0.1) is 11.4 Å². The van der Waals surface area contributed by atoms with Crippen LogP contribution in [0.5, 0.6) is 0 Å². The van der Waals surface area contributed by atoms with Crippen molar-refractivity contribution < 1.29 is 0 Å². The van der Waals surface area contributed by atoms with E-state index in [0.29, 0.717) is 6.54 Å². The molecule has 0 atom stereocenters. The van der Waals surface area contributed by atoms with Gasteiger partial charge in [-0.2, -0.15) is 0 Å². The summed E-state index contributed by atoms with van der Waals surface area (Å²) in [6, 6.07) is 5.89. The van der Waals surface area contributed by atoms with E-state index in [0.717, 1.165) is 29.5 Å². The van der Waals surface area contributed by atoms with E-state index < -0.39 is 0 Å². The van der Waals surface area contributed by atoms with Crippen molar-refractivity contribution >= 4 is 23.7 Å². The molecule has 116 valence electrons. The molecule has 0 saturated carbocycles. The van der Waals surface area contributed by atoms with Crippen molar-refractivity contribution in [1.82, 2.24) is 14.9 Å². The van der Waals surface area contributed by atoms with Crippen LogP contribution in [0.25, 0.3) is 10.7 Å². The van der Waals surface area contributed by atoms with Crippen LogP contribution in [0.1, 0.15) is 19.5 Å². The molecule has 2 rings (SSSR count). The molecule has 0 unspecified atom stereocenters. The fourth-order valence-electron chi connectivity index (χ4n) is 2.11. The zero-order valence-corrected chi connectivity index (χ0v) is 14.4. The standard InChI is InChI=1S/C15H22N4S.ClH/c1-15(2,10-16)11-19(3)8-12-9-20-14(18-12)13-6-4-5-7-17-13;/h4-7,9H,8,10-11,16H2,1-3H3;1H. The Morgan fingerprint density at radius 3 is 2.71 bits per heavy atom. The first-order valence-electron chi connectivity index (χ1n) is 6.74. The summed E-state index contributed by atoms with van der Waals surface area (Å²) >= 11 is 1.64. The predicted molar refractivity (Wildman–Crippen MR) is 91.8 cm³/mol. The van der Waals surface area contributed by atoms with Crippen LogP contribution in [0, 0.1) is 5.41 Å². The number of nitrogens with two attached hydrogens (primary N) is 1. The van der Waals surface area contributed by atoms with E-state index in [1.165, 1.54) is 0 Å². The first kappa shape index (κ1) is 18.0. The van der Waals surface area contributed by atoms with Gasteiger partial charge < -0.3 is 5.73 Å². The molecule has 4 nitrogen and oxygen atoms in total. The lowest BCUT2D eigenvalue weighted by Crippen LogP contribution is -2.36. The minimum absolute atomic E-state index is 0. The Balaban J connectivity index is 0.00000220. The second kappa shape index (κ2) is 7.84. The monoisotopic (exact) mass is 326 g/mol. The van der Waals surface area contributed by atoms with Crippen molar-refractivity contribution in [3.05, 3.63) is 35.5 Å². The van der Waals surface area contributed by atoms with Gasteiger partial charge in [0.25, 0.3) is 0 Å². The van der Waals surface area contributed by atoms with Crippen LogP contribution < -0.4 is 5.73 Å². The van der Waals surface area contributed by atoms with Crippen molar-refractivity contribution in [3.63, 3.8) is 0 Å². The van der Waals surface area contributed by atoms with Gasteiger partial charge in [0, 0.05) is 24.7 Å². The van der Waals surface area contributed by atoms with Crippen LogP contribution in [-0.2, 0) is 6.54 Å². The van der Waals surface area contributed by atoms with Gasteiger partial charge in [-0.25, -0.2) is 4.98 Å². The smallest absolute Gasteiger partial charge is 0.142 e. The Bertz CT molecular complexity index is 542. The van der Waals surface area contributed by atoms with E-state index in [2.05, 4.69) is 41.1 Å². The van der Waals surface area contributed by atoms with Crippen LogP contribution in [-0.4, -0.2) is 35.0 Å². The summed E-state index contributed by atoms with van der Waals surface area (Å²) < 4.78 is 0. The zero-order valence-electron chi connectivity index (χ0n) is 12.7. The van der Waals surface area contributed by atoms with Gasteiger partial charge in [-0.3, -0.25) is 9.88 Å². The van der Waals surface area contributed by atoms with Crippen molar-refractivity contribution in [1.29, 1.82) is 0 Å². The third kappa shape index (κ3) is 5.36. The number of halogens is 1. The first-order chi connectivity index (χ1) is 9.50. The summed E-state index contributed by atoms with van der Waals surface area (Å²) in [5.74, 6) is 0. The number of pyridine rings is 1. The van der Waals surface area contributed by atoms with E-state index in [-0.39, 0.29) is 17.8 Å². The highest BCUT2D eigenvalue weighted by atomic mass is 35.5. The highest BCUT2D eigenvalue weighted by molar-refractivity contribution is 7.13. The maximum atomic E-state index is 5.78. The van der Waals surface area contributed by atoms with Gasteiger partial charge in [-0.1, -0.05) is 19.9 Å². The van der Waals surface area contributed by atoms with E-state index in [4.69, 9.17) is 5.73 Å². The summed E-state index contributed by atoms with van der Waals surface area (Å²) in [6.07, 6.45) is 1.80. The molecule has 2 aromatic heterocycles. The van der Waals surface area contributed by atoms with Crippen molar-refractivity contribution in [2.45, 2.75) is 20.4 Å². The molecule has 0 saturated heterocycles. The molecule has 0 bridgehead atoms. The van der Waals surface area contributed by atoms with E-state index in [9.17, 15) is 0 Å². The van der Waals surface area contributed by atoms with Crippen molar-refractivity contribution in [2.75, 3.05) is 20.1 Å². The molecule has 2 heterocycles. The maximum absolute atomic E-state index is 5.78. The van der Waals surface area contributed by atoms with Gasteiger partial charge in [-0.15, -0.1) is 23.7 Å². The van der Waals surface area contributed by atoms with E-state index in [1.54, 1.807) is 17.5 Å². The Morgan fingerprint density at radius 2 is 2.10 bits per heavy atom. The second-order valence-corrected chi connectivity index (χ2v) is 6.76. The quantitative estimate of drug-likeness (QED) is 0.886. The van der Waals surface area contributed by atoms with Gasteiger partial charge in [0.1, 0.15) is 5.01 Å². The molecular formula is C15H23ClN4S. The maximum Gasteiger partial charge on any atom is 0.142 e. The van der Waals surface area contributed by atoms with E-state index in [1.807, 2.05) is 18.2 Å². The van der Waals surface area contributed by atoms with Crippen LogP contribution in [0.3, 0.4) is 0 Å². The van der Waals surface area contributed by atoms with Crippen molar-refractivity contribution in [2.24, 2.45) is 11.1 Å². The summed E-state index contributed by atoms with van der Waals surface area (Å²) in [4.78, 5) is 11.3. The molecule has 21 heavy (non-hydrogen) atoms. The molecular weight excluding hydrogens is 304 g/mol. The fourth-order valence-corrected chi connectivity index (χ4v) is 2.90. The topological polar surface area (TPSA) is 55.0 Å².